The third-order valence-corrected chi connectivity index (χ3v) is 3.41. The van der Waals surface area contributed by atoms with Gasteiger partial charge in [-0.15, -0.1) is 11.8 Å². The van der Waals surface area contributed by atoms with Crippen molar-refractivity contribution in [3.63, 3.8) is 0 Å². The lowest BCUT2D eigenvalue weighted by Gasteiger charge is -2.06. The molecule has 1 unspecified atom stereocenters. The number of nitrogens with one attached hydrogen (secondary N) is 1. The van der Waals surface area contributed by atoms with Gasteiger partial charge in [0.05, 0.1) is 0 Å². The normalized spacial score (nSPS) is 22.1. The molecule has 1 fully saturated rings. The molecule has 3 heteroatoms. The molecule has 1 N–H and O–H groups in total. The maximum atomic E-state index is 12.6. The third kappa shape index (κ3) is 2.45. The lowest BCUT2D eigenvalue weighted by molar-refractivity contribution is 0.626. The van der Waals surface area contributed by atoms with Gasteiger partial charge < -0.3 is 5.32 Å². The Hall–Kier alpha value is -0.540. The molecule has 13 heavy (non-hydrogen) atoms. The van der Waals surface area contributed by atoms with Gasteiger partial charge in [0.25, 0.3) is 0 Å². The highest BCUT2D eigenvalue weighted by Gasteiger charge is 2.15. The Morgan fingerprint density at radius 2 is 2.08 bits per heavy atom. The zero-order valence-electron chi connectivity index (χ0n) is 7.29. The van der Waals surface area contributed by atoms with E-state index in [-0.39, 0.29) is 5.82 Å². The molecule has 0 aliphatic carbocycles. The van der Waals surface area contributed by atoms with Crippen molar-refractivity contribution in [1.82, 2.24) is 5.32 Å². The molecule has 0 aromatic heterocycles. The SMILES string of the molecule is Fc1ccc(SC2CCNC2)cc1. The predicted octanol–water partition coefficient (Wildman–Crippen LogP) is 2.28. The van der Waals surface area contributed by atoms with E-state index in [0.29, 0.717) is 5.25 Å². The van der Waals surface area contributed by atoms with Gasteiger partial charge in [-0.05, 0) is 37.2 Å². The van der Waals surface area contributed by atoms with Crippen LogP contribution in [0.4, 0.5) is 4.39 Å². The van der Waals surface area contributed by atoms with Crippen molar-refractivity contribution in [2.45, 2.75) is 16.6 Å². The van der Waals surface area contributed by atoms with Crippen LogP contribution in [0.25, 0.3) is 0 Å². The van der Waals surface area contributed by atoms with Gasteiger partial charge >= 0.3 is 0 Å². The van der Waals surface area contributed by atoms with Crippen LogP contribution >= 0.6 is 11.8 Å². The topological polar surface area (TPSA) is 12.0 Å². The van der Waals surface area contributed by atoms with E-state index in [1.807, 2.05) is 23.9 Å². The standard InChI is InChI=1S/C10H12FNS/c11-8-1-3-9(4-2-8)13-10-5-6-12-7-10/h1-4,10,12H,5-7H2. The molecular formula is C10H12FNS. The van der Waals surface area contributed by atoms with Crippen molar-refractivity contribution in [1.29, 1.82) is 0 Å². The maximum absolute atomic E-state index is 12.6. The van der Waals surface area contributed by atoms with Crippen LogP contribution in [-0.2, 0) is 0 Å². The Bertz CT molecular complexity index is 267. The van der Waals surface area contributed by atoms with Gasteiger partial charge in [0.15, 0.2) is 0 Å². The average Bonchev–Trinajstić information content (AvgIpc) is 2.62. The molecule has 1 aromatic carbocycles. The van der Waals surface area contributed by atoms with Gasteiger partial charge in [-0.2, -0.15) is 0 Å². The van der Waals surface area contributed by atoms with E-state index >= 15 is 0 Å². The molecule has 0 spiro atoms. The molecule has 1 nitrogen and oxygen atoms in total. The van der Waals surface area contributed by atoms with Crippen LogP contribution in [0.2, 0.25) is 0 Å². The summed E-state index contributed by atoms with van der Waals surface area (Å²) in [6.45, 7) is 2.18. The average molecular weight is 197 g/mol. The molecule has 2 rings (SSSR count). The molecular weight excluding hydrogens is 185 g/mol. The Labute approximate surface area is 81.7 Å². The first-order valence-corrected chi connectivity index (χ1v) is 5.35. The summed E-state index contributed by atoms with van der Waals surface area (Å²) in [4.78, 5) is 1.16. The van der Waals surface area contributed by atoms with E-state index < -0.39 is 0 Å². The summed E-state index contributed by atoms with van der Waals surface area (Å²) in [6.07, 6.45) is 1.21. The fourth-order valence-corrected chi connectivity index (χ4v) is 2.55. The second-order valence-corrected chi connectivity index (χ2v) is 4.56. The van der Waals surface area contributed by atoms with Crippen LogP contribution in [-0.4, -0.2) is 18.3 Å². The smallest absolute Gasteiger partial charge is 0.123 e. The zero-order valence-corrected chi connectivity index (χ0v) is 8.11. The van der Waals surface area contributed by atoms with E-state index in [1.165, 1.54) is 18.6 Å². The van der Waals surface area contributed by atoms with Crippen LogP contribution < -0.4 is 5.32 Å². The van der Waals surface area contributed by atoms with Gasteiger partial charge in [0.1, 0.15) is 5.82 Å². The van der Waals surface area contributed by atoms with Crippen LogP contribution in [0.5, 0.6) is 0 Å². The van der Waals surface area contributed by atoms with E-state index in [1.54, 1.807) is 0 Å². The summed E-state index contributed by atoms with van der Waals surface area (Å²) in [6, 6.07) is 6.73. The Kier molecular flexibility index (Phi) is 2.86. The lowest BCUT2D eigenvalue weighted by atomic mass is 10.3. The number of hydrogen-bond acceptors (Lipinski definition) is 2. The minimum absolute atomic E-state index is 0.158. The highest BCUT2D eigenvalue weighted by molar-refractivity contribution is 8.00. The van der Waals surface area contributed by atoms with Crippen molar-refractivity contribution < 1.29 is 4.39 Å². The summed E-state index contributed by atoms with van der Waals surface area (Å²) in [5.74, 6) is -0.158. The van der Waals surface area contributed by atoms with Crippen LogP contribution in [0.3, 0.4) is 0 Å². The van der Waals surface area contributed by atoms with Gasteiger partial charge in [0.2, 0.25) is 0 Å². The summed E-state index contributed by atoms with van der Waals surface area (Å²) in [5.41, 5.74) is 0. The minimum atomic E-state index is -0.158. The molecule has 70 valence electrons. The molecule has 1 aliphatic heterocycles. The van der Waals surface area contributed by atoms with Crippen molar-refractivity contribution in [2.75, 3.05) is 13.1 Å². The summed E-state index contributed by atoms with van der Waals surface area (Å²) < 4.78 is 12.6. The van der Waals surface area contributed by atoms with E-state index in [0.717, 1.165) is 18.0 Å². The molecule has 1 aromatic rings. The van der Waals surface area contributed by atoms with Crippen LogP contribution in [0.1, 0.15) is 6.42 Å². The molecule has 1 aliphatic rings. The van der Waals surface area contributed by atoms with Gasteiger partial charge in [0, 0.05) is 16.7 Å². The van der Waals surface area contributed by atoms with Gasteiger partial charge in [-0.25, -0.2) is 4.39 Å². The summed E-state index contributed by atoms with van der Waals surface area (Å²) in [5, 5.41) is 3.97. The second-order valence-electron chi connectivity index (χ2n) is 3.19. The number of halogens is 1. The molecule has 0 bridgehead atoms. The minimum Gasteiger partial charge on any atom is -0.316 e. The number of rotatable bonds is 2. The molecule has 1 atom stereocenters. The van der Waals surface area contributed by atoms with Crippen LogP contribution in [0.15, 0.2) is 29.2 Å². The first-order chi connectivity index (χ1) is 6.34. The maximum Gasteiger partial charge on any atom is 0.123 e. The van der Waals surface area contributed by atoms with Crippen molar-refractivity contribution in [3.05, 3.63) is 30.1 Å². The van der Waals surface area contributed by atoms with E-state index in [9.17, 15) is 4.39 Å². The molecule has 1 heterocycles. The Balaban J connectivity index is 1.97. The summed E-state index contributed by atoms with van der Waals surface area (Å²) >= 11 is 1.83. The van der Waals surface area contributed by atoms with Crippen molar-refractivity contribution in [2.24, 2.45) is 0 Å². The molecule has 0 amide bonds. The fraction of sp³-hybridized carbons (Fsp3) is 0.400. The third-order valence-electron chi connectivity index (χ3n) is 2.13. The Morgan fingerprint density at radius 1 is 1.31 bits per heavy atom. The monoisotopic (exact) mass is 197 g/mol. The first kappa shape index (κ1) is 9.03. The molecule has 0 saturated carbocycles. The van der Waals surface area contributed by atoms with E-state index in [2.05, 4.69) is 5.32 Å². The lowest BCUT2D eigenvalue weighted by Crippen LogP contribution is -2.09. The molecule has 0 radical (unpaired) electrons. The fourth-order valence-electron chi connectivity index (χ4n) is 1.43. The van der Waals surface area contributed by atoms with Crippen LogP contribution in [0, 0.1) is 5.82 Å². The second kappa shape index (κ2) is 4.11. The highest BCUT2D eigenvalue weighted by Crippen LogP contribution is 2.26. The number of thioether (sulfide) groups is 1. The zero-order chi connectivity index (χ0) is 9.10. The number of hydrogen-bond donors (Lipinski definition) is 1. The quantitative estimate of drug-likeness (QED) is 0.780. The van der Waals surface area contributed by atoms with Crippen molar-refractivity contribution >= 4 is 11.8 Å². The van der Waals surface area contributed by atoms with Gasteiger partial charge in [-0.1, -0.05) is 0 Å². The van der Waals surface area contributed by atoms with Gasteiger partial charge in [-0.3, -0.25) is 0 Å². The largest absolute Gasteiger partial charge is 0.316 e. The Morgan fingerprint density at radius 3 is 2.69 bits per heavy atom. The highest BCUT2D eigenvalue weighted by atomic mass is 32.2. The first-order valence-electron chi connectivity index (χ1n) is 4.47. The predicted molar refractivity (Wildman–Crippen MR) is 53.5 cm³/mol. The van der Waals surface area contributed by atoms with Crippen molar-refractivity contribution in [3.8, 4) is 0 Å². The van der Waals surface area contributed by atoms with E-state index in [4.69, 9.17) is 0 Å². The number of benzene rings is 1. The molecule has 1 saturated heterocycles. The summed E-state index contributed by atoms with van der Waals surface area (Å²) in [7, 11) is 0.